The molecule has 0 saturated heterocycles. The van der Waals surface area contributed by atoms with E-state index >= 15 is 0 Å². The van der Waals surface area contributed by atoms with Gasteiger partial charge in [-0.15, -0.1) is 0 Å². The number of nitrogens with one attached hydrogen (secondary N) is 3. The van der Waals surface area contributed by atoms with Gasteiger partial charge in [0.25, 0.3) is 0 Å². The Morgan fingerprint density at radius 3 is 2.32 bits per heavy atom. The third kappa shape index (κ3) is 4.39. The van der Waals surface area contributed by atoms with Crippen LogP contribution in [0.25, 0.3) is 11.0 Å². The molecular weight excluding hydrogens is 336 g/mol. The maximum absolute atomic E-state index is 12.4. The molecule has 2 amide bonds. The Bertz CT molecular complexity index is 872. The first-order valence-electron chi connectivity index (χ1n) is 7.81. The van der Waals surface area contributed by atoms with Crippen molar-refractivity contribution in [3.8, 4) is 0 Å². The average molecular weight is 354 g/mol. The van der Waals surface area contributed by atoms with Crippen LogP contribution in [0.5, 0.6) is 0 Å². The Balaban J connectivity index is 1.61. The molecule has 0 fully saturated rings. The lowest BCUT2D eigenvalue weighted by Gasteiger charge is -2.11. The standard InChI is InChI=1S/C18H18N4O2S/c1-11(25-18-21-15-5-3-4-6-16(15)22-18)17(24)20-14-9-7-13(8-10-14)19-12(2)23/h3-11H,1-2H3,(H,19,23)(H,20,24)(H,21,22)/t11-/m1/s1. The van der Waals surface area contributed by atoms with E-state index in [1.54, 1.807) is 24.3 Å². The number of amides is 2. The molecule has 1 heterocycles. The fourth-order valence-electron chi connectivity index (χ4n) is 2.29. The first kappa shape index (κ1) is 17.0. The van der Waals surface area contributed by atoms with E-state index in [4.69, 9.17) is 0 Å². The molecule has 0 aliphatic rings. The number of carbonyl (C=O) groups excluding carboxylic acids is 2. The molecule has 0 aliphatic heterocycles. The number of fused-ring (bicyclic) bond motifs is 1. The maximum Gasteiger partial charge on any atom is 0.237 e. The van der Waals surface area contributed by atoms with Crippen molar-refractivity contribution in [3.63, 3.8) is 0 Å². The van der Waals surface area contributed by atoms with Crippen LogP contribution in [-0.4, -0.2) is 27.0 Å². The molecule has 0 spiro atoms. The van der Waals surface area contributed by atoms with E-state index in [0.29, 0.717) is 16.5 Å². The number of imidazole rings is 1. The summed E-state index contributed by atoms with van der Waals surface area (Å²) >= 11 is 1.37. The van der Waals surface area contributed by atoms with Gasteiger partial charge in [0.05, 0.1) is 16.3 Å². The van der Waals surface area contributed by atoms with Crippen LogP contribution in [-0.2, 0) is 9.59 Å². The topological polar surface area (TPSA) is 86.9 Å². The molecule has 3 aromatic rings. The lowest BCUT2D eigenvalue weighted by molar-refractivity contribution is -0.115. The van der Waals surface area contributed by atoms with Gasteiger partial charge in [-0.2, -0.15) is 0 Å². The zero-order valence-corrected chi connectivity index (χ0v) is 14.7. The number of rotatable bonds is 5. The summed E-state index contributed by atoms with van der Waals surface area (Å²) in [5.74, 6) is -0.245. The van der Waals surface area contributed by atoms with Gasteiger partial charge in [0.2, 0.25) is 11.8 Å². The Labute approximate surface area is 149 Å². The Kier molecular flexibility index (Phi) is 5.04. The molecule has 0 aliphatic carbocycles. The largest absolute Gasteiger partial charge is 0.333 e. The first-order chi connectivity index (χ1) is 12.0. The number of aromatic amines is 1. The van der Waals surface area contributed by atoms with Gasteiger partial charge in [0.15, 0.2) is 5.16 Å². The van der Waals surface area contributed by atoms with Gasteiger partial charge in [0, 0.05) is 18.3 Å². The zero-order valence-electron chi connectivity index (χ0n) is 13.9. The second-order valence-corrected chi connectivity index (χ2v) is 6.90. The van der Waals surface area contributed by atoms with Crippen LogP contribution >= 0.6 is 11.8 Å². The van der Waals surface area contributed by atoms with Gasteiger partial charge in [-0.25, -0.2) is 4.98 Å². The highest BCUT2D eigenvalue weighted by Gasteiger charge is 2.16. The predicted molar refractivity (Wildman–Crippen MR) is 101 cm³/mol. The summed E-state index contributed by atoms with van der Waals surface area (Å²) in [4.78, 5) is 31.0. The Morgan fingerprint density at radius 2 is 1.68 bits per heavy atom. The second kappa shape index (κ2) is 7.40. The first-order valence-corrected chi connectivity index (χ1v) is 8.69. The maximum atomic E-state index is 12.4. The summed E-state index contributed by atoms with van der Waals surface area (Å²) in [6, 6.07) is 14.7. The van der Waals surface area contributed by atoms with Crippen molar-refractivity contribution in [2.45, 2.75) is 24.3 Å². The van der Waals surface area contributed by atoms with E-state index in [1.807, 2.05) is 31.2 Å². The van der Waals surface area contributed by atoms with E-state index in [-0.39, 0.29) is 17.1 Å². The third-order valence-corrected chi connectivity index (χ3v) is 4.48. The van der Waals surface area contributed by atoms with Crippen molar-refractivity contribution in [2.24, 2.45) is 0 Å². The minimum absolute atomic E-state index is 0.113. The van der Waals surface area contributed by atoms with E-state index in [1.165, 1.54) is 18.7 Å². The number of aromatic nitrogens is 2. The molecule has 0 saturated carbocycles. The van der Waals surface area contributed by atoms with Crippen LogP contribution in [0.2, 0.25) is 0 Å². The van der Waals surface area contributed by atoms with Crippen molar-refractivity contribution in [1.82, 2.24) is 9.97 Å². The highest BCUT2D eigenvalue weighted by Crippen LogP contribution is 2.24. The summed E-state index contributed by atoms with van der Waals surface area (Å²) in [5.41, 5.74) is 3.20. The average Bonchev–Trinajstić information content (AvgIpc) is 2.98. The number of hydrogen-bond donors (Lipinski definition) is 3. The van der Waals surface area contributed by atoms with E-state index in [0.717, 1.165) is 11.0 Å². The predicted octanol–water partition coefficient (Wildman–Crippen LogP) is 3.64. The number of carbonyl (C=O) groups is 2. The SMILES string of the molecule is CC(=O)Nc1ccc(NC(=O)[C@@H](C)Sc2nc3ccccc3[nH]2)cc1. The van der Waals surface area contributed by atoms with Gasteiger partial charge in [-0.1, -0.05) is 23.9 Å². The molecule has 1 aromatic heterocycles. The van der Waals surface area contributed by atoms with Crippen LogP contribution in [0.4, 0.5) is 11.4 Å². The molecule has 7 heteroatoms. The molecule has 6 nitrogen and oxygen atoms in total. The minimum Gasteiger partial charge on any atom is -0.333 e. The molecule has 3 rings (SSSR count). The monoisotopic (exact) mass is 354 g/mol. The number of hydrogen-bond acceptors (Lipinski definition) is 4. The number of H-pyrrole nitrogens is 1. The minimum atomic E-state index is -0.310. The fourth-order valence-corrected chi connectivity index (χ4v) is 3.11. The molecule has 0 unspecified atom stereocenters. The fraction of sp³-hybridized carbons (Fsp3) is 0.167. The summed E-state index contributed by atoms with van der Waals surface area (Å²) in [5, 5.41) is 5.95. The van der Waals surface area contributed by atoms with Crippen molar-refractivity contribution >= 4 is 46.0 Å². The smallest absolute Gasteiger partial charge is 0.237 e. The van der Waals surface area contributed by atoms with Crippen molar-refractivity contribution < 1.29 is 9.59 Å². The number of thioether (sulfide) groups is 1. The van der Waals surface area contributed by atoms with Gasteiger partial charge in [0.1, 0.15) is 0 Å². The highest BCUT2D eigenvalue weighted by molar-refractivity contribution is 8.00. The summed E-state index contributed by atoms with van der Waals surface area (Å²) in [6.45, 7) is 3.28. The second-order valence-electron chi connectivity index (χ2n) is 5.57. The Morgan fingerprint density at radius 1 is 1.04 bits per heavy atom. The lowest BCUT2D eigenvalue weighted by atomic mass is 10.2. The normalized spacial score (nSPS) is 11.9. The molecule has 0 radical (unpaired) electrons. The highest BCUT2D eigenvalue weighted by atomic mass is 32.2. The summed E-state index contributed by atoms with van der Waals surface area (Å²) < 4.78 is 0. The third-order valence-electron chi connectivity index (χ3n) is 3.50. The number of anilines is 2. The van der Waals surface area contributed by atoms with E-state index in [2.05, 4.69) is 20.6 Å². The number of nitrogens with zero attached hydrogens (tertiary/aromatic N) is 1. The molecule has 2 aromatic carbocycles. The summed E-state index contributed by atoms with van der Waals surface area (Å²) in [7, 11) is 0. The van der Waals surface area contributed by atoms with E-state index < -0.39 is 0 Å². The molecule has 0 bridgehead atoms. The van der Waals surface area contributed by atoms with Crippen molar-refractivity contribution in [1.29, 1.82) is 0 Å². The van der Waals surface area contributed by atoms with Crippen LogP contribution in [0.15, 0.2) is 53.7 Å². The van der Waals surface area contributed by atoms with Gasteiger partial charge < -0.3 is 15.6 Å². The van der Waals surface area contributed by atoms with Gasteiger partial charge >= 0.3 is 0 Å². The summed E-state index contributed by atoms with van der Waals surface area (Å²) in [6.07, 6.45) is 0. The van der Waals surface area contributed by atoms with Crippen molar-refractivity contribution in [3.05, 3.63) is 48.5 Å². The number of benzene rings is 2. The zero-order chi connectivity index (χ0) is 17.8. The molecule has 128 valence electrons. The lowest BCUT2D eigenvalue weighted by Crippen LogP contribution is -2.22. The van der Waals surface area contributed by atoms with Crippen LogP contribution in [0.3, 0.4) is 0 Å². The molecule has 25 heavy (non-hydrogen) atoms. The molecular formula is C18H18N4O2S. The van der Waals surface area contributed by atoms with Gasteiger partial charge in [-0.3, -0.25) is 9.59 Å². The van der Waals surface area contributed by atoms with Crippen LogP contribution in [0.1, 0.15) is 13.8 Å². The number of para-hydroxylation sites is 2. The van der Waals surface area contributed by atoms with Gasteiger partial charge in [-0.05, 0) is 43.3 Å². The molecule has 1 atom stereocenters. The van der Waals surface area contributed by atoms with E-state index in [9.17, 15) is 9.59 Å². The van der Waals surface area contributed by atoms with Crippen molar-refractivity contribution in [2.75, 3.05) is 10.6 Å². The van der Waals surface area contributed by atoms with Crippen LogP contribution in [0, 0.1) is 0 Å². The Hall–Kier alpha value is -2.80. The van der Waals surface area contributed by atoms with Crippen LogP contribution < -0.4 is 10.6 Å². The molecule has 3 N–H and O–H groups in total. The quantitative estimate of drug-likeness (QED) is 0.611.